The van der Waals surface area contributed by atoms with Gasteiger partial charge in [0, 0.05) is 56.7 Å². The lowest BCUT2D eigenvalue weighted by Crippen LogP contribution is -2.45. The van der Waals surface area contributed by atoms with Gasteiger partial charge in [-0.15, -0.1) is 0 Å². The zero-order valence-electron chi connectivity index (χ0n) is 20.9. The van der Waals surface area contributed by atoms with Crippen LogP contribution in [0.1, 0.15) is 5.56 Å². The number of halogens is 3. The van der Waals surface area contributed by atoms with Crippen LogP contribution in [0.3, 0.4) is 0 Å². The molecule has 12 nitrogen and oxygen atoms in total. The quantitative estimate of drug-likeness (QED) is 0.335. The van der Waals surface area contributed by atoms with E-state index in [9.17, 15) is 32.3 Å². The Bertz CT molecular complexity index is 1380. The lowest BCUT2D eigenvalue weighted by atomic mass is 10.2. The molecule has 0 bridgehead atoms. The van der Waals surface area contributed by atoms with Gasteiger partial charge in [-0.05, 0) is 37.4 Å². The van der Waals surface area contributed by atoms with E-state index in [1.807, 2.05) is 22.7 Å². The average Bonchev–Trinajstić information content (AvgIpc) is 3.37. The predicted octanol–water partition coefficient (Wildman–Crippen LogP) is 2.68. The Kier molecular flexibility index (Phi) is 10.8. The van der Waals surface area contributed by atoms with Crippen LogP contribution in [0.15, 0.2) is 60.8 Å². The van der Waals surface area contributed by atoms with Crippen molar-refractivity contribution in [3.63, 3.8) is 0 Å². The van der Waals surface area contributed by atoms with Crippen LogP contribution in [0, 0.1) is 0 Å². The highest BCUT2D eigenvalue weighted by molar-refractivity contribution is 5.90. The van der Waals surface area contributed by atoms with Crippen molar-refractivity contribution in [2.24, 2.45) is 0 Å². The molecule has 4 rings (SSSR count). The van der Waals surface area contributed by atoms with Crippen molar-refractivity contribution in [1.29, 1.82) is 0 Å². The number of anilines is 1. The third kappa shape index (κ3) is 9.43. The summed E-state index contributed by atoms with van der Waals surface area (Å²) in [5, 5.41) is 31.2. The second-order valence-electron chi connectivity index (χ2n) is 8.21. The first kappa shape index (κ1) is 31.3. The second kappa shape index (κ2) is 13.7. The number of likely N-dealkylation sites (N-methyl/N-ethyl adjacent to an activating group) is 1. The van der Waals surface area contributed by atoms with Crippen LogP contribution in [-0.2, 0) is 25.4 Å². The maximum absolute atomic E-state index is 13.0. The third-order valence-electron chi connectivity index (χ3n) is 5.31. The van der Waals surface area contributed by atoms with E-state index in [2.05, 4.69) is 21.8 Å². The summed E-state index contributed by atoms with van der Waals surface area (Å²) in [5.41, 5.74) is 1.30. The lowest BCUT2D eigenvalue weighted by Gasteiger charge is -2.33. The minimum absolute atomic E-state index is 0.363. The molecule has 40 heavy (non-hydrogen) atoms. The van der Waals surface area contributed by atoms with E-state index < -0.39 is 35.6 Å². The normalized spacial score (nSPS) is 14.1. The molecule has 0 radical (unpaired) electrons. The highest BCUT2D eigenvalue weighted by atomic mass is 19.4. The number of benzene rings is 1. The van der Waals surface area contributed by atoms with Gasteiger partial charge in [0.2, 0.25) is 0 Å². The van der Waals surface area contributed by atoms with E-state index in [0.717, 1.165) is 49.6 Å². The number of alkyl halides is 3. The minimum atomic E-state index is -4.37. The molecule has 1 saturated heterocycles. The van der Waals surface area contributed by atoms with Crippen LogP contribution in [0.2, 0.25) is 0 Å². The van der Waals surface area contributed by atoms with Crippen LogP contribution in [-0.4, -0.2) is 91.8 Å². The molecule has 0 aliphatic carbocycles. The van der Waals surface area contributed by atoms with Crippen molar-refractivity contribution < 1.29 is 52.8 Å². The fourth-order valence-electron chi connectivity index (χ4n) is 3.47. The Hall–Kier alpha value is -4.92. The maximum Gasteiger partial charge on any atom is 0.416 e. The van der Waals surface area contributed by atoms with Crippen molar-refractivity contribution in [2.75, 3.05) is 38.1 Å². The highest BCUT2D eigenvalue weighted by Gasteiger charge is 2.31. The van der Waals surface area contributed by atoms with Gasteiger partial charge in [-0.2, -0.15) is 13.2 Å². The second-order valence-corrected chi connectivity index (χ2v) is 8.21. The molecule has 0 amide bonds. The standard InChI is InChI=1S/C17H17F3N4.2C4H4O4/c1-22-7-9-23(10-8-22)16-15-3-2-6-24(15)14-5-4-12(17(18,19)20)11-13(14)21-16;2*5-3(6)1-2-4(7)8/h2-6,11H,7-10H2,1H3;2*1-2H,(H,5,6)(H,7,8)/b;2*2-1-. The predicted molar refractivity (Wildman–Crippen MR) is 136 cm³/mol. The number of hydrogen-bond donors (Lipinski definition) is 4. The molecular weight excluding hydrogens is 541 g/mol. The largest absolute Gasteiger partial charge is 0.478 e. The fraction of sp³-hybridized carbons (Fsp3) is 0.240. The first-order valence-electron chi connectivity index (χ1n) is 11.4. The zero-order valence-corrected chi connectivity index (χ0v) is 20.9. The molecule has 0 spiro atoms. The van der Waals surface area contributed by atoms with Crippen molar-refractivity contribution in [1.82, 2.24) is 14.3 Å². The number of hydrogen-bond acceptors (Lipinski definition) is 7. The molecule has 1 aliphatic heterocycles. The molecule has 3 heterocycles. The lowest BCUT2D eigenvalue weighted by molar-refractivity contribution is -0.137. The molecule has 1 aromatic carbocycles. The summed E-state index contributed by atoms with van der Waals surface area (Å²) in [4.78, 5) is 47.2. The number of aliphatic carboxylic acids is 4. The van der Waals surface area contributed by atoms with Crippen LogP contribution >= 0.6 is 0 Å². The number of carboxylic acids is 4. The summed E-state index contributed by atoms with van der Waals surface area (Å²) in [6, 6.07) is 7.59. The maximum atomic E-state index is 13.0. The summed E-state index contributed by atoms with van der Waals surface area (Å²) >= 11 is 0. The van der Waals surface area contributed by atoms with Gasteiger partial charge in [0.25, 0.3) is 0 Å². The van der Waals surface area contributed by atoms with E-state index in [1.54, 1.807) is 0 Å². The average molecular weight is 566 g/mol. The SMILES string of the molecule is CN1CCN(c2nc3cc(C(F)(F)F)ccc3n3cccc23)CC1.O=C(O)/C=C\C(=O)O.O=C(O)/C=C\C(=O)O. The Balaban J connectivity index is 0.000000290. The summed E-state index contributed by atoms with van der Waals surface area (Å²) in [6.45, 7) is 3.45. The van der Waals surface area contributed by atoms with Gasteiger partial charge in [0.15, 0.2) is 5.82 Å². The van der Waals surface area contributed by atoms with E-state index in [1.165, 1.54) is 6.07 Å². The molecule has 0 atom stereocenters. The molecule has 3 aromatic rings. The fourth-order valence-corrected chi connectivity index (χ4v) is 3.47. The van der Waals surface area contributed by atoms with Gasteiger partial charge in [-0.1, -0.05) is 0 Å². The number of carboxylic acid groups (broad SMARTS) is 4. The smallest absolute Gasteiger partial charge is 0.416 e. The third-order valence-corrected chi connectivity index (χ3v) is 5.31. The molecule has 4 N–H and O–H groups in total. The first-order valence-corrected chi connectivity index (χ1v) is 11.4. The van der Waals surface area contributed by atoms with E-state index in [-0.39, 0.29) is 0 Å². The van der Waals surface area contributed by atoms with Crippen molar-refractivity contribution in [3.8, 4) is 0 Å². The zero-order chi connectivity index (χ0) is 30.0. The first-order chi connectivity index (χ1) is 18.7. The van der Waals surface area contributed by atoms with Crippen molar-refractivity contribution >= 4 is 46.2 Å². The number of fused-ring (bicyclic) bond motifs is 3. The molecule has 1 aliphatic rings. The van der Waals surface area contributed by atoms with Gasteiger partial charge in [-0.3, -0.25) is 0 Å². The van der Waals surface area contributed by atoms with Crippen LogP contribution in [0.4, 0.5) is 19.0 Å². The van der Waals surface area contributed by atoms with Crippen LogP contribution in [0.5, 0.6) is 0 Å². The Morgan fingerprint density at radius 2 is 1.30 bits per heavy atom. The van der Waals surface area contributed by atoms with Crippen molar-refractivity contribution in [2.45, 2.75) is 6.18 Å². The molecule has 1 fully saturated rings. The van der Waals surface area contributed by atoms with E-state index in [4.69, 9.17) is 20.4 Å². The van der Waals surface area contributed by atoms with E-state index in [0.29, 0.717) is 35.3 Å². The Labute approximate surface area is 224 Å². The molecule has 15 heteroatoms. The topological polar surface area (TPSA) is 173 Å². The summed E-state index contributed by atoms with van der Waals surface area (Å²) in [6.07, 6.45) is -0.267. The number of carbonyl (C=O) groups is 4. The number of rotatable bonds is 5. The Morgan fingerprint density at radius 3 is 1.75 bits per heavy atom. The van der Waals surface area contributed by atoms with Gasteiger partial charge in [-0.25, -0.2) is 24.2 Å². The number of piperazine rings is 1. The van der Waals surface area contributed by atoms with Crippen LogP contribution in [0.25, 0.3) is 16.6 Å². The molecule has 214 valence electrons. The van der Waals surface area contributed by atoms with Crippen LogP contribution < -0.4 is 4.90 Å². The molecule has 2 aromatic heterocycles. The number of aromatic nitrogens is 2. The van der Waals surface area contributed by atoms with Gasteiger partial charge in [0.1, 0.15) is 0 Å². The highest BCUT2D eigenvalue weighted by Crippen LogP contribution is 2.33. The van der Waals surface area contributed by atoms with Gasteiger partial charge in [0.05, 0.1) is 22.1 Å². The van der Waals surface area contributed by atoms with E-state index >= 15 is 0 Å². The minimum Gasteiger partial charge on any atom is -0.478 e. The van der Waals surface area contributed by atoms with Crippen molar-refractivity contribution in [3.05, 3.63) is 66.4 Å². The molecule has 0 unspecified atom stereocenters. The summed E-state index contributed by atoms with van der Waals surface area (Å²) in [7, 11) is 2.06. The Morgan fingerprint density at radius 1 is 0.800 bits per heavy atom. The summed E-state index contributed by atoms with van der Waals surface area (Å²) < 4.78 is 41.0. The molecular formula is C25H25F3N4O8. The van der Waals surface area contributed by atoms with Gasteiger partial charge < -0.3 is 34.6 Å². The molecule has 0 saturated carbocycles. The monoisotopic (exact) mass is 566 g/mol. The number of nitrogens with zero attached hydrogens (tertiary/aromatic N) is 4. The summed E-state index contributed by atoms with van der Waals surface area (Å²) in [5.74, 6) is -4.28. The van der Waals surface area contributed by atoms with Gasteiger partial charge >= 0.3 is 30.1 Å².